The fourth-order valence-electron chi connectivity index (χ4n) is 5.38. The van der Waals surface area contributed by atoms with Crippen molar-refractivity contribution in [3.63, 3.8) is 0 Å². The maximum atomic E-state index is 8.75. The SMILES string of the molecule is CC(C)N(C)C1CC(CCc2nc3ccc(C(C)(C)C)cc3[nH]2)C1.Nc1ncnc2[nH]ncc12.OC1CCCC1O. The number of anilines is 1. The topological polar surface area (TPSA) is 153 Å². The number of nitrogens with zero attached hydrogens (tertiary/aromatic N) is 5. The minimum atomic E-state index is -0.431. The summed E-state index contributed by atoms with van der Waals surface area (Å²) in [6.07, 6.45) is 9.70. The average Bonchev–Trinajstić information content (AvgIpc) is 3.63. The van der Waals surface area contributed by atoms with E-state index in [0.717, 1.165) is 54.4 Å². The number of nitrogen functional groups attached to an aromatic ring is 1. The monoisotopic (exact) mass is 564 g/mol. The van der Waals surface area contributed by atoms with Crippen LogP contribution < -0.4 is 5.73 Å². The molecule has 0 saturated heterocycles. The molecule has 224 valence electrons. The zero-order valence-corrected chi connectivity index (χ0v) is 25.4. The molecule has 0 radical (unpaired) electrons. The number of H-pyrrole nitrogens is 2. The third-order valence-electron chi connectivity index (χ3n) is 8.51. The molecule has 2 atom stereocenters. The predicted octanol–water partition coefficient (Wildman–Crippen LogP) is 4.74. The number of nitrogens with two attached hydrogens (primary N) is 1. The molecule has 4 aromatic rings. The number of rotatable bonds is 5. The van der Waals surface area contributed by atoms with E-state index in [0.29, 0.717) is 17.5 Å². The summed E-state index contributed by atoms with van der Waals surface area (Å²) in [6.45, 7) is 11.3. The number of imidazole rings is 1. The Bertz CT molecular complexity index is 1380. The van der Waals surface area contributed by atoms with E-state index in [9.17, 15) is 0 Å². The molecule has 3 heterocycles. The molecule has 2 aliphatic rings. The van der Waals surface area contributed by atoms with E-state index >= 15 is 0 Å². The molecule has 6 N–H and O–H groups in total. The number of aromatic amines is 2. The number of hydrogen-bond acceptors (Lipinski definition) is 8. The van der Waals surface area contributed by atoms with Gasteiger partial charge in [-0.3, -0.25) is 5.10 Å². The molecule has 6 rings (SSSR count). The number of aliphatic hydroxyl groups is 2. The zero-order valence-electron chi connectivity index (χ0n) is 25.4. The Hall–Kier alpha value is -3.08. The van der Waals surface area contributed by atoms with Crippen molar-refractivity contribution in [3.05, 3.63) is 42.1 Å². The Morgan fingerprint density at radius 2 is 1.80 bits per heavy atom. The number of nitrogens with one attached hydrogen (secondary N) is 2. The maximum Gasteiger partial charge on any atom is 0.160 e. The summed E-state index contributed by atoms with van der Waals surface area (Å²) in [5.41, 5.74) is 10.00. The van der Waals surface area contributed by atoms with Crippen molar-refractivity contribution in [2.75, 3.05) is 12.8 Å². The van der Waals surface area contributed by atoms with Gasteiger partial charge in [-0.2, -0.15) is 5.10 Å². The second-order valence-corrected chi connectivity index (χ2v) is 12.9. The Kier molecular flexibility index (Phi) is 9.99. The van der Waals surface area contributed by atoms with Gasteiger partial charge in [0, 0.05) is 18.5 Å². The Labute approximate surface area is 243 Å². The molecule has 0 bridgehead atoms. The van der Waals surface area contributed by atoms with Crippen molar-refractivity contribution in [1.82, 2.24) is 35.0 Å². The lowest BCUT2D eigenvalue weighted by Crippen LogP contribution is -2.45. The number of aromatic nitrogens is 6. The van der Waals surface area contributed by atoms with Crippen molar-refractivity contribution in [2.24, 2.45) is 5.92 Å². The number of fused-ring (bicyclic) bond motifs is 2. The lowest BCUT2D eigenvalue weighted by Gasteiger charge is -2.43. The Balaban J connectivity index is 0.000000184. The van der Waals surface area contributed by atoms with Crippen molar-refractivity contribution >= 4 is 27.9 Å². The van der Waals surface area contributed by atoms with E-state index < -0.39 is 12.2 Å². The fourth-order valence-corrected chi connectivity index (χ4v) is 5.38. The van der Waals surface area contributed by atoms with Crippen LogP contribution >= 0.6 is 0 Å². The van der Waals surface area contributed by atoms with Gasteiger partial charge < -0.3 is 25.8 Å². The molecule has 1 aromatic carbocycles. The fraction of sp³-hybridized carbons (Fsp3) is 0.613. The first-order valence-corrected chi connectivity index (χ1v) is 14.9. The third-order valence-corrected chi connectivity index (χ3v) is 8.51. The lowest BCUT2D eigenvalue weighted by molar-refractivity contribution is 0.0438. The minimum Gasteiger partial charge on any atom is -0.390 e. The van der Waals surface area contributed by atoms with Crippen molar-refractivity contribution in [3.8, 4) is 0 Å². The van der Waals surface area contributed by atoms with Crippen LogP contribution in [0.4, 0.5) is 5.82 Å². The molecule has 2 aliphatic carbocycles. The van der Waals surface area contributed by atoms with E-state index in [1.54, 1.807) is 6.20 Å². The van der Waals surface area contributed by atoms with Gasteiger partial charge in [0.05, 0.1) is 34.8 Å². The van der Waals surface area contributed by atoms with Crippen molar-refractivity contribution in [1.29, 1.82) is 0 Å². The summed E-state index contributed by atoms with van der Waals surface area (Å²) in [6, 6.07) is 8.09. The molecule has 2 saturated carbocycles. The molecule has 3 aromatic heterocycles. The highest BCUT2D eigenvalue weighted by Gasteiger charge is 2.32. The molecular weight excluding hydrogens is 516 g/mol. The van der Waals surface area contributed by atoms with Gasteiger partial charge in [-0.15, -0.1) is 0 Å². The zero-order chi connectivity index (χ0) is 29.7. The van der Waals surface area contributed by atoms with E-state index in [4.69, 9.17) is 20.9 Å². The average molecular weight is 565 g/mol. The predicted molar refractivity (Wildman–Crippen MR) is 164 cm³/mol. The van der Waals surface area contributed by atoms with Gasteiger partial charge >= 0.3 is 0 Å². The van der Waals surface area contributed by atoms with Crippen LogP contribution in [0.1, 0.15) is 84.5 Å². The molecule has 41 heavy (non-hydrogen) atoms. The van der Waals surface area contributed by atoms with E-state index in [2.05, 4.69) is 89.9 Å². The molecule has 10 heteroatoms. The van der Waals surface area contributed by atoms with Crippen LogP contribution in [0.2, 0.25) is 0 Å². The highest BCUT2D eigenvalue weighted by atomic mass is 16.3. The third kappa shape index (κ3) is 8.02. The highest BCUT2D eigenvalue weighted by molar-refractivity contribution is 5.83. The standard InChI is InChI=1S/C21H33N3.C5H5N5.C5H10O2/c1-14(2)24(6)17-11-15(12-17)7-10-20-22-18-9-8-16(21(3,4)5)13-19(18)23-20;6-4-3-1-9-10-5(3)8-2-7-4;6-4-2-1-3-5(4)7/h8-9,13-15,17H,7,10-12H2,1-6H3,(H,22,23);1-2H,(H3,6,7,8,9,10);4-7H,1-3H2. The Morgan fingerprint density at radius 3 is 2.39 bits per heavy atom. The van der Waals surface area contributed by atoms with Crippen LogP contribution in [0.25, 0.3) is 22.1 Å². The normalized spacial score (nSPS) is 22.4. The molecular formula is C31H48N8O2. The number of aliphatic hydroxyl groups excluding tert-OH is 2. The summed E-state index contributed by atoms with van der Waals surface area (Å²) < 4.78 is 0. The van der Waals surface area contributed by atoms with Crippen LogP contribution in [0.5, 0.6) is 0 Å². The summed E-state index contributed by atoms with van der Waals surface area (Å²) in [5.74, 6) is 2.48. The molecule has 0 spiro atoms. The second kappa shape index (κ2) is 13.3. The summed E-state index contributed by atoms with van der Waals surface area (Å²) in [5, 5.41) is 24.7. The first kappa shape index (κ1) is 30.9. The molecule has 2 unspecified atom stereocenters. The van der Waals surface area contributed by atoms with Gasteiger partial charge in [0.2, 0.25) is 0 Å². The molecule has 0 amide bonds. The quantitative estimate of drug-likeness (QED) is 0.233. The number of benzene rings is 1. The van der Waals surface area contributed by atoms with Crippen molar-refractivity contribution < 1.29 is 10.2 Å². The molecule has 10 nitrogen and oxygen atoms in total. The van der Waals surface area contributed by atoms with Crippen LogP contribution in [-0.2, 0) is 11.8 Å². The van der Waals surface area contributed by atoms with Crippen LogP contribution in [0.3, 0.4) is 0 Å². The smallest absolute Gasteiger partial charge is 0.160 e. The minimum absolute atomic E-state index is 0.183. The van der Waals surface area contributed by atoms with Gasteiger partial charge in [-0.05, 0) is 88.4 Å². The van der Waals surface area contributed by atoms with E-state index in [1.165, 1.54) is 36.7 Å². The van der Waals surface area contributed by atoms with Gasteiger partial charge in [0.1, 0.15) is 18.0 Å². The molecule has 2 fully saturated rings. The highest BCUT2D eigenvalue weighted by Crippen LogP contribution is 2.35. The van der Waals surface area contributed by atoms with Gasteiger partial charge in [0.25, 0.3) is 0 Å². The van der Waals surface area contributed by atoms with E-state index in [1.807, 2.05) is 0 Å². The van der Waals surface area contributed by atoms with Crippen LogP contribution in [0.15, 0.2) is 30.7 Å². The lowest BCUT2D eigenvalue weighted by atomic mass is 9.76. The number of hydrogen-bond donors (Lipinski definition) is 5. The van der Waals surface area contributed by atoms with Gasteiger partial charge in [-0.25, -0.2) is 15.0 Å². The van der Waals surface area contributed by atoms with E-state index in [-0.39, 0.29) is 5.41 Å². The van der Waals surface area contributed by atoms with Gasteiger partial charge in [0.15, 0.2) is 5.65 Å². The number of aryl methyl sites for hydroxylation is 1. The molecule has 0 aliphatic heterocycles. The first-order chi connectivity index (χ1) is 19.4. The maximum absolute atomic E-state index is 8.75. The largest absolute Gasteiger partial charge is 0.390 e. The van der Waals surface area contributed by atoms with Crippen molar-refractivity contribution in [2.45, 2.75) is 109 Å². The van der Waals surface area contributed by atoms with Crippen LogP contribution in [-0.4, -0.2) is 76.6 Å². The summed E-state index contributed by atoms with van der Waals surface area (Å²) in [4.78, 5) is 18.5. The van der Waals surface area contributed by atoms with Crippen LogP contribution in [0, 0.1) is 5.92 Å². The Morgan fingerprint density at radius 1 is 1.10 bits per heavy atom. The second-order valence-electron chi connectivity index (χ2n) is 12.9. The first-order valence-electron chi connectivity index (χ1n) is 14.9. The summed E-state index contributed by atoms with van der Waals surface area (Å²) >= 11 is 0. The van der Waals surface area contributed by atoms with Gasteiger partial charge in [-0.1, -0.05) is 26.8 Å². The summed E-state index contributed by atoms with van der Waals surface area (Å²) in [7, 11) is 2.26.